The summed E-state index contributed by atoms with van der Waals surface area (Å²) in [6, 6.07) is 4.04. The number of carbonyl (C=O) groups is 1. The predicted octanol–water partition coefficient (Wildman–Crippen LogP) is 1.31. The number of rotatable bonds is 5. The topological polar surface area (TPSA) is 58.4 Å². The molecular weight excluding hydrogens is 245 g/mol. The number of nitrogens with two attached hydrogens (primary N) is 1. The predicted molar refractivity (Wildman–Crippen MR) is 66.6 cm³/mol. The molecule has 0 atom stereocenters. The molecule has 94 valence electrons. The van der Waals surface area contributed by atoms with Gasteiger partial charge in [0.2, 0.25) is 5.91 Å². The van der Waals surface area contributed by atoms with E-state index in [0.717, 1.165) is 0 Å². The minimum atomic E-state index is -0.509. The number of anilines is 1. The van der Waals surface area contributed by atoms with Gasteiger partial charge >= 0.3 is 0 Å². The molecule has 0 aliphatic carbocycles. The van der Waals surface area contributed by atoms with Gasteiger partial charge in [-0.3, -0.25) is 9.69 Å². The van der Waals surface area contributed by atoms with Crippen LogP contribution in [-0.4, -0.2) is 37.5 Å². The van der Waals surface area contributed by atoms with Gasteiger partial charge in [0.25, 0.3) is 0 Å². The van der Waals surface area contributed by atoms with E-state index < -0.39 is 5.82 Å². The normalized spacial score (nSPS) is 10.6. The molecule has 17 heavy (non-hydrogen) atoms. The first kappa shape index (κ1) is 13.9. The summed E-state index contributed by atoms with van der Waals surface area (Å²) in [7, 11) is 1.80. The smallest absolute Gasteiger partial charge is 0.238 e. The van der Waals surface area contributed by atoms with E-state index in [1.807, 2.05) is 0 Å². The van der Waals surface area contributed by atoms with Crippen LogP contribution in [0, 0.1) is 5.82 Å². The van der Waals surface area contributed by atoms with Crippen LogP contribution in [0.4, 0.5) is 10.1 Å². The van der Waals surface area contributed by atoms with Crippen LogP contribution in [0.5, 0.6) is 0 Å². The van der Waals surface area contributed by atoms with Crippen LogP contribution in [-0.2, 0) is 4.79 Å². The molecule has 0 aliphatic rings. The molecule has 0 bridgehead atoms. The van der Waals surface area contributed by atoms with Crippen LogP contribution >= 0.6 is 11.6 Å². The summed E-state index contributed by atoms with van der Waals surface area (Å²) >= 11 is 5.60. The quantitative estimate of drug-likeness (QED) is 0.838. The maximum atomic E-state index is 12.9. The third kappa shape index (κ3) is 4.68. The number of nitrogens with one attached hydrogen (secondary N) is 1. The number of benzene rings is 1. The van der Waals surface area contributed by atoms with Gasteiger partial charge in [-0.1, -0.05) is 11.6 Å². The first-order valence-electron chi connectivity index (χ1n) is 5.16. The minimum Gasteiger partial charge on any atom is -0.329 e. The van der Waals surface area contributed by atoms with E-state index in [2.05, 4.69) is 5.32 Å². The fraction of sp³-hybridized carbons (Fsp3) is 0.364. The van der Waals surface area contributed by atoms with E-state index in [4.69, 9.17) is 17.3 Å². The van der Waals surface area contributed by atoms with Gasteiger partial charge in [0.1, 0.15) is 5.82 Å². The van der Waals surface area contributed by atoms with E-state index in [-0.39, 0.29) is 17.5 Å². The molecule has 1 rings (SSSR count). The van der Waals surface area contributed by atoms with Gasteiger partial charge in [-0.05, 0) is 25.2 Å². The third-order valence-electron chi connectivity index (χ3n) is 2.13. The van der Waals surface area contributed by atoms with Gasteiger partial charge in [0.05, 0.1) is 11.6 Å². The zero-order valence-electron chi connectivity index (χ0n) is 9.54. The van der Waals surface area contributed by atoms with Crippen molar-refractivity contribution < 1.29 is 9.18 Å². The molecule has 0 saturated heterocycles. The zero-order chi connectivity index (χ0) is 12.8. The highest BCUT2D eigenvalue weighted by atomic mass is 35.5. The highest BCUT2D eigenvalue weighted by molar-refractivity contribution is 6.31. The number of likely N-dealkylation sites (N-methyl/N-ethyl adjacent to an activating group) is 1. The number of hydrogen-bond donors (Lipinski definition) is 2. The van der Waals surface area contributed by atoms with Gasteiger partial charge in [-0.15, -0.1) is 0 Å². The van der Waals surface area contributed by atoms with Crippen molar-refractivity contribution >= 4 is 23.2 Å². The molecule has 0 unspecified atom stereocenters. The van der Waals surface area contributed by atoms with Gasteiger partial charge in [-0.25, -0.2) is 4.39 Å². The Kier molecular flexibility index (Phi) is 5.34. The fourth-order valence-electron chi connectivity index (χ4n) is 1.32. The van der Waals surface area contributed by atoms with E-state index in [1.54, 1.807) is 11.9 Å². The molecule has 0 radical (unpaired) electrons. The van der Waals surface area contributed by atoms with Crippen molar-refractivity contribution in [1.82, 2.24) is 4.90 Å². The Morgan fingerprint density at radius 3 is 2.88 bits per heavy atom. The summed E-state index contributed by atoms with van der Waals surface area (Å²) in [5, 5.41) is 2.61. The molecule has 1 aromatic carbocycles. The molecule has 6 heteroatoms. The molecule has 0 spiro atoms. The summed E-state index contributed by atoms with van der Waals surface area (Å²) < 4.78 is 12.9. The largest absolute Gasteiger partial charge is 0.329 e. The lowest BCUT2D eigenvalue weighted by Gasteiger charge is -2.14. The minimum absolute atomic E-state index is 0.0156. The standard InChI is InChI=1S/C11H15ClFN3O/c1-16(5-4-14)7-11(17)15-8-2-3-10(13)9(12)6-8/h2-3,6H,4-5,7,14H2,1H3,(H,15,17). The molecule has 3 N–H and O–H groups in total. The molecule has 0 fully saturated rings. The Bertz CT molecular complexity index is 400. The molecule has 0 heterocycles. The molecule has 0 aliphatic heterocycles. The van der Waals surface area contributed by atoms with Crippen LogP contribution in [0.15, 0.2) is 18.2 Å². The van der Waals surface area contributed by atoms with Crippen LogP contribution in [0.3, 0.4) is 0 Å². The van der Waals surface area contributed by atoms with Crippen LogP contribution in [0.1, 0.15) is 0 Å². The Labute approximate surface area is 105 Å². The van der Waals surface area contributed by atoms with Gasteiger partial charge < -0.3 is 11.1 Å². The first-order chi connectivity index (χ1) is 8.02. The van der Waals surface area contributed by atoms with Gasteiger partial charge in [-0.2, -0.15) is 0 Å². The lowest BCUT2D eigenvalue weighted by atomic mass is 10.3. The van der Waals surface area contributed by atoms with Crippen molar-refractivity contribution in [2.24, 2.45) is 5.73 Å². The molecule has 1 aromatic rings. The number of nitrogens with zero attached hydrogens (tertiary/aromatic N) is 1. The molecule has 4 nitrogen and oxygen atoms in total. The number of hydrogen-bond acceptors (Lipinski definition) is 3. The van der Waals surface area contributed by atoms with Crippen molar-refractivity contribution in [2.45, 2.75) is 0 Å². The number of amides is 1. The van der Waals surface area contributed by atoms with Crippen molar-refractivity contribution in [3.05, 3.63) is 29.0 Å². The summed E-state index contributed by atoms with van der Waals surface area (Å²) in [6.07, 6.45) is 0. The van der Waals surface area contributed by atoms with Crippen LogP contribution < -0.4 is 11.1 Å². The maximum Gasteiger partial charge on any atom is 0.238 e. The molecular formula is C11H15ClFN3O. The van der Waals surface area contributed by atoms with Crippen molar-refractivity contribution in [1.29, 1.82) is 0 Å². The number of carbonyl (C=O) groups excluding carboxylic acids is 1. The SMILES string of the molecule is CN(CCN)CC(=O)Nc1ccc(F)c(Cl)c1. The molecule has 0 aromatic heterocycles. The second kappa shape index (κ2) is 6.54. The van der Waals surface area contributed by atoms with Crippen molar-refractivity contribution in [3.8, 4) is 0 Å². The lowest BCUT2D eigenvalue weighted by Crippen LogP contribution is -2.33. The van der Waals surface area contributed by atoms with Crippen molar-refractivity contribution in [3.63, 3.8) is 0 Å². The molecule has 1 amide bonds. The maximum absolute atomic E-state index is 12.9. The van der Waals surface area contributed by atoms with E-state index in [1.165, 1.54) is 18.2 Å². The summed E-state index contributed by atoms with van der Waals surface area (Å²) in [5.41, 5.74) is 5.84. The fourth-order valence-corrected chi connectivity index (χ4v) is 1.50. The van der Waals surface area contributed by atoms with Crippen LogP contribution in [0.2, 0.25) is 5.02 Å². The van der Waals surface area contributed by atoms with E-state index in [9.17, 15) is 9.18 Å². The average molecular weight is 260 g/mol. The Morgan fingerprint density at radius 1 is 1.59 bits per heavy atom. The Hall–Kier alpha value is -1.17. The zero-order valence-corrected chi connectivity index (χ0v) is 10.3. The van der Waals surface area contributed by atoms with E-state index in [0.29, 0.717) is 18.8 Å². The monoisotopic (exact) mass is 259 g/mol. The van der Waals surface area contributed by atoms with Gasteiger partial charge in [0, 0.05) is 18.8 Å². The van der Waals surface area contributed by atoms with Crippen molar-refractivity contribution in [2.75, 3.05) is 32.0 Å². The number of halogens is 2. The van der Waals surface area contributed by atoms with Gasteiger partial charge in [0.15, 0.2) is 0 Å². The van der Waals surface area contributed by atoms with E-state index >= 15 is 0 Å². The Balaban J connectivity index is 2.53. The highest BCUT2D eigenvalue weighted by Crippen LogP contribution is 2.19. The average Bonchev–Trinajstić information content (AvgIpc) is 2.23. The highest BCUT2D eigenvalue weighted by Gasteiger charge is 2.07. The second-order valence-corrected chi connectivity index (χ2v) is 4.11. The molecule has 0 saturated carbocycles. The lowest BCUT2D eigenvalue weighted by molar-refractivity contribution is -0.117. The second-order valence-electron chi connectivity index (χ2n) is 3.70. The Morgan fingerprint density at radius 2 is 2.29 bits per heavy atom. The summed E-state index contributed by atoms with van der Waals surface area (Å²) in [4.78, 5) is 13.4. The summed E-state index contributed by atoms with van der Waals surface area (Å²) in [5.74, 6) is -0.700. The third-order valence-corrected chi connectivity index (χ3v) is 2.42. The first-order valence-corrected chi connectivity index (χ1v) is 5.54. The van der Waals surface area contributed by atoms with Crippen LogP contribution in [0.25, 0.3) is 0 Å². The summed E-state index contributed by atoms with van der Waals surface area (Å²) in [6.45, 7) is 1.36.